The normalized spacial score (nSPS) is 10.4. The maximum absolute atomic E-state index is 5.55. The molecule has 0 bridgehead atoms. The van der Waals surface area contributed by atoms with E-state index in [0.29, 0.717) is 24.4 Å². The Morgan fingerprint density at radius 1 is 1.14 bits per heavy atom. The van der Waals surface area contributed by atoms with Gasteiger partial charge in [-0.05, 0) is 31.9 Å². The SMILES string of the molecule is CCCNc1nc(OCCC)nc(-c2ccnc(C)c2)n1. The van der Waals surface area contributed by atoms with E-state index < -0.39 is 0 Å². The lowest BCUT2D eigenvalue weighted by Gasteiger charge is -2.09. The molecule has 0 saturated carbocycles. The largest absolute Gasteiger partial charge is 0.463 e. The van der Waals surface area contributed by atoms with Crippen LogP contribution in [-0.4, -0.2) is 33.1 Å². The number of pyridine rings is 1. The molecule has 6 nitrogen and oxygen atoms in total. The molecule has 0 fully saturated rings. The molecule has 2 aromatic heterocycles. The second-order valence-corrected chi connectivity index (χ2v) is 4.73. The van der Waals surface area contributed by atoms with Crippen LogP contribution in [0.4, 0.5) is 5.95 Å². The van der Waals surface area contributed by atoms with Crippen molar-refractivity contribution >= 4 is 5.95 Å². The average Bonchev–Trinajstić information content (AvgIpc) is 2.50. The molecule has 2 heterocycles. The van der Waals surface area contributed by atoms with Gasteiger partial charge in [-0.15, -0.1) is 0 Å². The molecule has 112 valence electrons. The number of hydrogen-bond donors (Lipinski definition) is 1. The lowest BCUT2D eigenvalue weighted by molar-refractivity contribution is 0.292. The molecule has 2 aromatic rings. The van der Waals surface area contributed by atoms with Gasteiger partial charge in [0, 0.05) is 24.0 Å². The summed E-state index contributed by atoms with van der Waals surface area (Å²) in [5, 5.41) is 3.18. The first-order valence-corrected chi connectivity index (χ1v) is 7.28. The number of aryl methyl sites for hydroxylation is 1. The number of nitrogens with one attached hydrogen (secondary N) is 1. The number of hydrogen-bond acceptors (Lipinski definition) is 6. The van der Waals surface area contributed by atoms with Crippen molar-refractivity contribution in [3.8, 4) is 17.4 Å². The Morgan fingerprint density at radius 3 is 2.71 bits per heavy atom. The maximum Gasteiger partial charge on any atom is 0.321 e. The van der Waals surface area contributed by atoms with Gasteiger partial charge in [0.15, 0.2) is 5.82 Å². The number of ether oxygens (including phenoxy) is 1. The molecule has 0 aliphatic carbocycles. The molecule has 0 saturated heterocycles. The summed E-state index contributed by atoms with van der Waals surface area (Å²) in [4.78, 5) is 17.3. The minimum atomic E-state index is 0.356. The molecule has 0 unspecified atom stereocenters. The van der Waals surface area contributed by atoms with Gasteiger partial charge in [-0.2, -0.15) is 15.0 Å². The molecular weight excluding hydrogens is 266 g/mol. The second kappa shape index (κ2) is 7.52. The number of nitrogens with zero attached hydrogens (tertiary/aromatic N) is 4. The zero-order chi connectivity index (χ0) is 15.1. The zero-order valence-electron chi connectivity index (χ0n) is 12.8. The molecule has 1 N–H and O–H groups in total. The molecule has 0 radical (unpaired) electrons. The summed E-state index contributed by atoms with van der Waals surface area (Å²) in [7, 11) is 0. The van der Waals surface area contributed by atoms with E-state index in [1.807, 2.05) is 26.0 Å². The van der Waals surface area contributed by atoms with Gasteiger partial charge in [-0.25, -0.2) is 0 Å². The smallest absolute Gasteiger partial charge is 0.321 e. The molecule has 2 rings (SSSR count). The van der Waals surface area contributed by atoms with Crippen LogP contribution in [0.5, 0.6) is 6.01 Å². The molecule has 21 heavy (non-hydrogen) atoms. The summed E-state index contributed by atoms with van der Waals surface area (Å²) in [6.07, 6.45) is 3.66. The molecular formula is C15H21N5O. The highest BCUT2D eigenvalue weighted by Gasteiger charge is 2.09. The highest BCUT2D eigenvalue weighted by Crippen LogP contribution is 2.19. The Morgan fingerprint density at radius 2 is 2.00 bits per heavy atom. The summed E-state index contributed by atoms with van der Waals surface area (Å²) in [6.45, 7) is 7.48. The third-order valence-corrected chi connectivity index (χ3v) is 2.74. The van der Waals surface area contributed by atoms with Crippen molar-refractivity contribution in [2.24, 2.45) is 0 Å². The number of rotatable bonds is 7. The quantitative estimate of drug-likeness (QED) is 0.844. The Kier molecular flexibility index (Phi) is 5.43. The van der Waals surface area contributed by atoms with Gasteiger partial charge in [0.2, 0.25) is 5.95 Å². The monoisotopic (exact) mass is 287 g/mol. The van der Waals surface area contributed by atoms with E-state index in [9.17, 15) is 0 Å². The summed E-state index contributed by atoms with van der Waals surface area (Å²) in [5.41, 5.74) is 1.83. The van der Waals surface area contributed by atoms with E-state index in [-0.39, 0.29) is 0 Å². The number of aromatic nitrogens is 4. The van der Waals surface area contributed by atoms with E-state index in [1.54, 1.807) is 6.20 Å². The first-order valence-electron chi connectivity index (χ1n) is 7.28. The first-order chi connectivity index (χ1) is 10.2. The fraction of sp³-hybridized carbons (Fsp3) is 0.467. The summed E-state index contributed by atoms with van der Waals surface area (Å²) in [5.74, 6) is 1.14. The molecule has 0 aliphatic heterocycles. The third-order valence-electron chi connectivity index (χ3n) is 2.74. The Hall–Kier alpha value is -2.24. The predicted octanol–water partition coefficient (Wildman–Crippen LogP) is 2.85. The molecule has 0 atom stereocenters. The zero-order valence-corrected chi connectivity index (χ0v) is 12.8. The van der Waals surface area contributed by atoms with E-state index in [4.69, 9.17) is 4.74 Å². The molecule has 0 spiro atoms. The lowest BCUT2D eigenvalue weighted by Crippen LogP contribution is -2.09. The average molecular weight is 287 g/mol. The summed E-state index contributed by atoms with van der Waals surface area (Å²) >= 11 is 0. The van der Waals surface area contributed by atoms with E-state index in [2.05, 4.69) is 32.2 Å². The van der Waals surface area contributed by atoms with Crippen LogP contribution in [0.15, 0.2) is 18.3 Å². The Balaban J connectivity index is 2.33. The number of anilines is 1. The van der Waals surface area contributed by atoms with Gasteiger partial charge in [-0.3, -0.25) is 4.98 Å². The van der Waals surface area contributed by atoms with Crippen molar-refractivity contribution in [3.63, 3.8) is 0 Å². The highest BCUT2D eigenvalue weighted by molar-refractivity contribution is 5.56. The minimum Gasteiger partial charge on any atom is -0.463 e. The third kappa shape index (κ3) is 4.37. The van der Waals surface area contributed by atoms with Crippen molar-refractivity contribution < 1.29 is 4.74 Å². The Bertz CT molecular complexity index is 562. The van der Waals surface area contributed by atoms with Crippen molar-refractivity contribution in [1.82, 2.24) is 19.9 Å². The fourth-order valence-corrected chi connectivity index (χ4v) is 1.74. The van der Waals surface area contributed by atoms with Crippen LogP contribution in [-0.2, 0) is 0 Å². The van der Waals surface area contributed by atoms with Crippen LogP contribution >= 0.6 is 0 Å². The minimum absolute atomic E-state index is 0.356. The van der Waals surface area contributed by atoms with E-state index in [0.717, 1.165) is 30.6 Å². The van der Waals surface area contributed by atoms with Gasteiger partial charge in [0.1, 0.15) is 0 Å². The fourth-order valence-electron chi connectivity index (χ4n) is 1.74. The standard InChI is InChI=1S/C15H21N5O/c1-4-7-17-14-18-13(12-6-8-16-11(3)10-12)19-15(20-14)21-9-5-2/h6,8,10H,4-5,7,9H2,1-3H3,(H,17,18,19,20). The summed E-state index contributed by atoms with van der Waals surface area (Å²) < 4.78 is 5.55. The van der Waals surface area contributed by atoms with Gasteiger partial charge in [0.25, 0.3) is 0 Å². The van der Waals surface area contributed by atoms with Crippen LogP contribution in [0.25, 0.3) is 11.4 Å². The van der Waals surface area contributed by atoms with Crippen molar-refractivity contribution in [2.75, 3.05) is 18.5 Å². The van der Waals surface area contributed by atoms with Crippen LogP contribution in [0, 0.1) is 6.92 Å². The molecule has 6 heteroatoms. The van der Waals surface area contributed by atoms with Crippen molar-refractivity contribution in [1.29, 1.82) is 0 Å². The van der Waals surface area contributed by atoms with Crippen LogP contribution in [0.2, 0.25) is 0 Å². The molecule has 0 aliphatic rings. The van der Waals surface area contributed by atoms with E-state index in [1.165, 1.54) is 0 Å². The maximum atomic E-state index is 5.55. The highest BCUT2D eigenvalue weighted by atomic mass is 16.5. The van der Waals surface area contributed by atoms with Gasteiger partial charge in [-0.1, -0.05) is 13.8 Å². The van der Waals surface area contributed by atoms with Crippen LogP contribution < -0.4 is 10.1 Å². The Labute approximate surface area is 125 Å². The molecule has 0 amide bonds. The predicted molar refractivity (Wildman–Crippen MR) is 82.4 cm³/mol. The lowest BCUT2D eigenvalue weighted by atomic mass is 10.2. The van der Waals surface area contributed by atoms with Crippen molar-refractivity contribution in [3.05, 3.63) is 24.0 Å². The van der Waals surface area contributed by atoms with Crippen LogP contribution in [0.1, 0.15) is 32.4 Å². The topological polar surface area (TPSA) is 72.8 Å². The molecule has 0 aromatic carbocycles. The first kappa shape index (κ1) is 15.2. The second-order valence-electron chi connectivity index (χ2n) is 4.73. The van der Waals surface area contributed by atoms with Gasteiger partial charge < -0.3 is 10.1 Å². The van der Waals surface area contributed by atoms with Crippen molar-refractivity contribution in [2.45, 2.75) is 33.6 Å². The van der Waals surface area contributed by atoms with Gasteiger partial charge >= 0.3 is 6.01 Å². The van der Waals surface area contributed by atoms with Gasteiger partial charge in [0.05, 0.1) is 6.61 Å². The van der Waals surface area contributed by atoms with Crippen LogP contribution in [0.3, 0.4) is 0 Å². The van der Waals surface area contributed by atoms with E-state index >= 15 is 0 Å². The summed E-state index contributed by atoms with van der Waals surface area (Å²) in [6, 6.07) is 4.19.